The topological polar surface area (TPSA) is 71.8 Å². The molecule has 2 aromatic rings. The van der Waals surface area contributed by atoms with Crippen molar-refractivity contribution < 1.29 is 0 Å². The van der Waals surface area contributed by atoms with Crippen molar-refractivity contribution in [1.82, 2.24) is 10.2 Å². The van der Waals surface area contributed by atoms with Gasteiger partial charge in [-0.15, -0.1) is 0 Å². The molecule has 0 aliphatic heterocycles. The summed E-state index contributed by atoms with van der Waals surface area (Å²) < 4.78 is 0. The van der Waals surface area contributed by atoms with Gasteiger partial charge in [-0.3, -0.25) is 4.79 Å². The van der Waals surface area contributed by atoms with E-state index in [2.05, 4.69) is 28.4 Å². The first-order chi connectivity index (χ1) is 8.76. The summed E-state index contributed by atoms with van der Waals surface area (Å²) in [7, 11) is 0. The molecule has 0 amide bonds. The van der Waals surface area contributed by atoms with Gasteiger partial charge in [-0.05, 0) is 48.6 Å². The fraction of sp³-hybridized carbons (Fsp3) is 0.286. The zero-order valence-electron chi connectivity index (χ0n) is 10.0. The molecule has 18 heavy (non-hydrogen) atoms. The standard InChI is InChI=1S/C14H15N3O/c15-8-9-5-10-1-2-11(7-12(10)6-9)13-3-4-14(18)17-16-13/h1-4,7,9H,5-6,8,15H2,(H,17,18). The molecule has 1 heterocycles. The first kappa shape index (κ1) is 11.2. The van der Waals surface area contributed by atoms with E-state index in [9.17, 15) is 4.79 Å². The van der Waals surface area contributed by atoms with Crippen molar-refractivity contribution in [2.24, 2.45) is 11.7 Å². The van der Waals surface area contributed by atoms with E-state index < -0.39 is 0 Å². The van der Waals surface area contributed by atoms with Crippen molar-refractivity contribution in [3.63, 3.8) is 0 Å². The third kappa shape index (κ3) is 1.95. The Bertz CT molecular complexity index is 613. The number of hydrogen-bond acceptors (Lipinski definition) is 3. The predicted molar refractivity (Wildman–Crippen MR) is 70.2 cm³/mol. The Morgan fingerprint density at radius 1 is 1.22 bits per heavy atom. The predicted octanol–water partition coefficient (Wildman–Crippen LogP) is 1.11. The SMILES string of the molecule is NCC1Cc2ccc(-c3ccc(=O)[nH]n3)cc2C1. The normalized spacial score (nSPS) is 17.7. The monoisotopic (exact) mass is 241 g/mol. The Labute approximate surface area is 105 Å². The van der Waals surface area contributed by atoms with Crippen LogP contribution in [-0.2, 0) is 12.8 Å². The van der Waals surface area contributed by atoms with Gasteiger partial charge in [0.15, 0.2) is 0 Å². The van der Waals surface area contributed by atoms with Gasteiger partial charge in [0.1, 0.15) is 0 Å². The molecule has 3 N–H and O–H groups in total. The minimum Gasteiger partial charge on any atom is -0.330 e. The highest BCUT2D eigenvalue weighted by Gasteiger charge is 2.20. The number of nitrogens with zero attached hydrogens (tertiary/aromatic N) is 1. The molecule has 92 valence electrons. The van der Waals surface area contributed by atoms with Gasteiger partial charge < -0.3 is 5.73 Å². The van der Waals surface area contributed by atoms with E-state index >= 15 is 0 Å². The van der Waals surface area contributed by atoms with Gasteiger partial charge in [-0.2, -0.15) is 5.10 Å². The molecular weight excluding hydrogens is 226 g/mol. The summed E-state index contributed by atoms with van der Waals surface area (Å²) in [5, 5.41) is 6.51. The third-order valence-electron chi connectivity index (χ3n) is 3.53. The zero-order valence-corrected chi connectivity index (χ0v) is 10.0. The average Bonchev–Trinajstić information content (AvgIpc) is 2.81. The Hall–Kier alpha value is -1.94. The number of H-pyrrole nitrogens is 1. The minimum atomic E-state index is -0.178. The van der Waals surface area contributed by atoms with Crippen molar-refractivity contribution >= 4 is 0 Å². The summed E-state index contributed by atoms with van der Waals surface area (Å²) in [6, 6.07) is 9.60. The molecule has 0 saturated heterocycles. The molecule has 0 bridgehead atoms. The molecule has 4 nitrogen and oxygen atoms in total. The number of benzene rings is 1. The number of fused-ring (bicyclic) bond motifs is 1. The first-order valence-electron chi connectivity index (χ1n) is 6.14. The molecule has 1 atom stereocenters. The molecular formula is C14H15N3O. The lowest BCUT2D eigenvalue weighted by Crippen LogP contribution is -2.13. The second kappa shape index (κ2) is 4.38. The second-order valence-electron chi connectivity index (χ2n) is 4.80. The van der Waals surface area contributed by atoms with Gasteiger partial charge in [-0.25, -0.2) is 5.10 Å². The highest BCUT2D eigenvalue weighted by Crippen LogP contribution is 2.29. The van der Waals surface area contributed by atoms with Crippen LogP contribution in [0.25, 0.3) is 11.3 Å². The molecule has 1 aliphatic carbocycles. The number of nitrogens with two attached hydrogens (primary N) is 1. The van der Waals surface area contributed by atoms with Crippen LogP contribution in [0.5, 0.6) is 0 Å². The van der Waals surface area contributed by atoms with Gasteiger partial charge in [0, 0.05) is 11.6 Å². The Kier molecular flexibility index (Phi) is 2.72. The van der Waals surface area contributed by atoms with E-state index in [1.54, 1.807) is 6.07 Å². The summed E-state index contributed by atoms with van der Waals surface area (Å²) in [5.74, 6) is 0.568. The highest BCUT2D eigenvalue weighted by atomic mass is 16.1. The van der Waals surface area contributed by atoms with Crippen LogP contribution in [-0.4, -0.2) is 16.7 Å². The molecule has 3 rings (SSSR count). The third-order valence-corrected chi connectivity index (χ3v) is 3.53. The summed E-state index contributed by atoms with van der Waals surface area (Å²) in [4.78, 5) is 11.0. The first-order valence-corrected chi connectivity index (χ1v) is 6.14. The molecule has 0 spiro atoms. The van der Waals surface area contributed by atoms with Gasteiger partial charge in [-0.1, -0.05) is 12.1 Å². The molecule has 0 radical (unpaired) electrons. The maximum Gasteiger partial charge on any atom is 0.264 e. The fourth-order valence-corrected chi connectivity index (χ4v) is 2.54. The summed E-state index contributed by atoms with van der Waals surface area (Å²) in [5.41, 5.74) is 10.1. The summed E-state index contributed by atoms with van der Waals surface area (Å²) in [6.45, 7) is 0.737. The zero-order chi connectivity index (χ0) is 12.5. The van der Waals surface area contributed by atoms with Crippen LogP contribution in [0.4, 0.5) is 0 Å². The largest absolute Gasteiger partial charge is 0.330 e. The van der Waals surface area contributed by atoms with Crippen LogP contribution in [0.3, 0.4) is 0 Å². The summed E-state index contributed by atoms with van der Waals surface area (Å²) in [6.07, 6.45) is 2.12. The average molecular weight is 241 g/mol. The van der Waals surface area contributed by atoms with Crippen molar-refractivity contribution in [1.29, 1.82) is 0 Å². The molecule has 1 aliphatic rings. The van der Waals surface area contributed by atoms with Crippen LogP contribution in [0.2, 0.25) is 0 Å². The fourth-order valence-electron chi connectivity index (χ4n) is 2.54. The maximum atomic E-state index is 11.0. The Balaban J connectivity index is 1.97. The van der Waals surface area contributed by atoms with E-state index in [1.165, 1.54) is 17.2 Å². The molecule has 1 aromatic carbocycles. The molecule has 0 fully saturated rings. The van der Waals surface area contributed by atoms with Crippen molar-refractivity contribution in [2.75, 3.05) is 6.54 Å². The molecule has 1 unspecified atom stereocenters. The van der Waals surface area contributed by atoms with E-state index in [-0.39, 0.29) is 5.56 Å². The smallest absolute Gasteiger partial charge is 0.264 e. The molecule has 1 aromatic heterocycles. The second-order valence-corrected chi connectivity index (χ2v) is 4.80. The maximum absolute atomic E-state index is 11.0. The van der Waals surface area contributed by atoms with Gasteiger partial charge in [0.2, 0.25) is 0 Å². The number of hydrogen-bond donors (Lipinski definition) is 2. The number of aromatic amines is 1. The number of rotatable bonds is 2. The lowest BCUT2D eigenvalue weighted by atomic mass is 10.0. The minimum absolute atomic E-state index is 0.178. The van der Waals surface area contributed by atoms with E-state index in [0.29, 0.717) is 5.92 Å². The van der Waals surface area contributed by atoms with Crippen molar-refractivity contribution in [2.45, 2.75) is 12.8 Å². The van der Waals surface area contributed by atoms with Crippen LogP contribution < -0.4 is 11.3 Å². The Morgan fingerprint density at radius 2 is 2.06 bits per heavy atom. The van der Waals surface area contributed by atoms with Crippen LogP contribution >= 0.6 is 0 Å². The van der Waals surface area contributed by atoms with Crippen LogP contribution in [0, 0.1) is 5.92 Å². The summed E-state index contributed by atoms with van der Waals surface area (Å²) >= 11 is 0. The van der Waals surface area contributed by atoms with E-state index in [4.69, 9.17) is 5.73 Å². The highest BCUT2D eigenvalue weighted by molar-refractivity contribution is 5.61. The quantitative estimate of drug-likeness (QED) is 0.827. The number of nitrogens with one attached hydrogen (secondary N) is 1. The number of aromatic nitrogens is 2. The molecule has 4 heteroatoms. The van der Waals surface area contributed by atoms with E-state index in [0.717, 1.165) is 30.6 Å². The Morgan fingerprint density at radius 3 is 2.78 bits per heavy atom. The van der Waals surface area contributed by atoms with Crippen molar-refractivity contribution in [3.05, 3.63) is 51.8 Å². The van der Waals surface area contributed by atoms with Gasteiger partial charge in [0.25, 0.3) is 5.56 Å². The lowest BCUT2D eigenvalue weighted by Gasteiger charge is -2.03. The van der Waals surface area contributed by atoms with Crippen LogP contribution in [0.1, 0.15) is 11.1 Å². The van der Waals surface area contributed by atoms with Crippen molar-refractivity contribution in [3.8, 4) is 11.3 Å². The molecule has 0 saturated carbocycles. The van der Waals surface area contributed by atoms with E-state index in [1.807, 2.05) is 0 Å². The van der Waals surface area contributed by atoms with Gasteiger partial charge >= 0.3 is 0 Å². The lowest BCUT2D eigenvalue weighted by molar-refractivity contribution is 0.575. The van der Waals surface area contributed by atoms with Crippen LogP contribution in [0.15, 0.2) is 35.1 Å². The van der Waals surface area contributed by atoms with Gasteiger partial charge in [0.05, 0.1) is 5.69 Å².